The first kappa shape index (κ1) is 24.5. The molecule has 1 aromatic carbocycles. The number of ketones is 1. The summed E-state index contributed by atoms with van der Waals surface area (Å²) in [5, 5.41) is 6.84. The van der Waals surface area contributed by atoms with Gasteiger partial charge in [-0.15, -0.1) is 0 Å². The number of Topliss-reactive ketones (excluding diaryl/α,β-unsaturated/α-hetero) is 1. The van der Waals surface area contributed by atoms with Crippen molar-refractivity contribution in [2.45, 2.75) is 55.8 Å². The van der Waals surface area contributed by atoms with Gasteiger partial charge in [-0.2, -0.15) is 0 Å². The maximum atomic E-state index is 14.0. The van der Waals surface area contributed by atoms with Crippen LogP contribution in [0.15, 0.2) is 29.4 Å². The first-order valence-corrected chi connectivity index (χ1v) is 12.8. The zero-order valence-electron chi connectivity index (χ0n) is 20.6. The highest BCUT2D eigenvalue weighted by molar-refractivity contribution is 6.01. The van der Waals surface area contributed by atoms with Gasteiger partial charge in [0.25, 0.3) is 5.91 Å². The van der Waals surface area contributed by atoms with Crippen molar-refractivity contribution >= 4 is 23.3 Å². The summed E-state index contributed by atoms with van der Waals surface area (Å²) < 4.78 is 5.57. The molecule has 0 unspecified atom stereocenters. The van der Waals surface area contributed by atoms with Gasteiger partial charge in [0.15, 0.2) is 5.78 Å². The number of carbonyl (C=O) groups excluding carboxylic acids is 3. The lowest BCUT2D eigenvalue weighted by Crippen LogP contribution is -2.62. The lowest BCUT2D eigenvalue weighted by Gasteiger charge is -2.40. The SMILES string of the molecule is CN1CCN(c2ccc(C(=O)NC3(C(=O)N4C[C@@H](N=[N+]=[N-])[C@H]5OCC(=O)[C@H]54)CCCCC3)cc2)CC1. The minimum atomic E-state index is -1.09. The number of amides is 2. The Labute approximate surface area is 210 Å². The molecule has 0 aromatic heterocycles. The van der Waals surface area contributed by atoms with Crippen molar-refractivity contribution in [1.29, 1.82) is 0 Å². The number of carbonyl (C=O) groups is 3. The molecule has 3 atom stereocenters. The van der Waals surface area contributed by atoms with Crippen LogP contribution in [0.1, 0.15) is 42.5 Å². The molecule has 1 N–H and O–H groups in total. The summed E-state index contributed by atoms with van der Waals surface area (Å²) in [4.78, 5) is 48.9. The van der Waals surface area contributed by atoms with Crippen LogP contribution in [0.4, 0.5) is 5.69 Å². The third kappa shape index (κ3) is 4.54. The fourth-order valence-electron chi connectivity index (χ4n) is 6.01. The summed E-state index contributed by atoms with van der Waals surface area (Å²) in [5.41, 5.74) is 9.43. The number of fused-ring (bicyclic) bond motifs is 1. The molecule has 0 radical (unpaired) electrons. The molecule has 11 heteroatoms. The quantitative estimate of drug-likeness (QED) is 0.376. The Bertz CT molecular complexity index is 1060. The summed E-state index contributed by atoms with van der Waals surface area (Å²) in [6, 6.07) is 6.14. The van der Waals surface area contributed by atoms with Crippen LogP contribution >= 0.6 is 0 Å². The standard InChI is InChI=1S/C25H33N7O4/c1-30-11-13-31(14-12-30)18-7-5-17(6-8-18)23(34)27-25(9-3-2-4-10-25)24(35)32-15-19(28-29-26)22-21(32)20(33)16-36-22/h5-8,19,21-22H,2-4,9-16H2,1H3,(H,27,34)/t19-,21-,22-/m1/s1. The number of likely N-dealkylation sites (tertiary alicyclic amines) is 1. The number of hydrogen-bond acceptors (Lipinski definition) is 7. The number of nitrogens with zero attached hydrogens (tertiary/aromatic N) is 6. The van der Waals surface area contributed by atoms with E-state index in [1.165, 1.54) is 4.90 Å². The topological polar surface area (TPSA) is 131 Å². The van der Waals surface area contributed by atoms with Crippen molar-refractivity contribution in [2.75, 3.05) is 51.3 Å². The average molecular weight is 496 g/mol. The number of ether oxygens (including phenoxy) is 1. The van der Waals surface area contributed by atoms with Crippen LogP contribution in [-0.4, -0.2) is 97.5 Å². The zero-order valence-corrected chi connectivity index (χ0v) is 20.6. The molecule has 36 heavy (non-hydrogen) atoms. The van der Waals surface area contributed by atoms with Crippen molar-refractivity contribution in [2.24, 2.45) is 5.11 Å². The largest absolute Gasteiger partial charge is 0.369 e. The van der Waals surface area contributed by atoms with Gasteiger partial charge in [-0.3, -0.25) is 14.4 Å². The molecule has 4 fully saturated rings. The van der Waals surface area contributed by atoms with Gasteiger partial charge < -0.3 is 24.8 Å². The Morgan fingerprint density at radius 3 is 2.47 bits per heavy atom. The van der Waals surface area contributed by atoms with Crippen molar-refractivity contribution < 1.29 is 19.1 Å². The van der Waals surface area contributed by atoms with Gasteiger partial charge in [0.2, 0.25) is 5.91 Å². The molecule has 0 spiro atoms. The highest BCUT2D eigenvalue weighted by Gasteiger charge is 2.56. The minimum Gasteiger partial charge on any atom is -0.369 e. The fourth-order valence-corrected chi connectivity index (χ4v) is 6.01. The van der Waals surface area contributed by atoms with E-state index in [4.69, 9.17) is 10.3 Å². The van der Waals surface area contributed by atoms with E-state index < -0.39 is 23.7 Å². The number of likely N-dealkylation sites (N-methyl/N-ethyl adjacent to an activating group) is 1. The fraction of sp³-hybridized carbons (Fsp3) is 0.640. The normalized spacial score (nSPS) is 27.9. The number of anilines is 1. The maximum absolute atomic E-state index is 14.0. The molecule has 1 aromatic rings. The molecular formula is C25H33N7O4. The van der Waals surface area contributed by atoms with E-state index in [1.807, 2.05) is 24.3 Å². The second-order valence-corrected chi connectivity index (χ2v) is 10.4. The van der Waals surface area contributed by atoms with Gasteiger partial charge in [-0.1, -0.05) is 24.4 Å². The van der Waals surface area contributed by atoms with E-state index in [2.05, 4.69) is 32.2 Å². The zero-order chi connectivity index (χ0) is 25.3. The summed E-state index contributed by atoms with van der Waals surface area (Å²) in [6.07, 6.45) is 2.98. The molecule has 11 nitrogen and oxygen atoms in total. The average Bonchev–Trinajstić information content (AvgIpc) is 3.45. The van der Waals surface area contributed by atoms with Gasteiger partial charge in [-0.25, -0.2) is 0 Å². The van der Waals surface area contributed by atoms with E-state index in [0.29, 0.717) is 18.4 Å². The molecule has 3 aliphatic heterocycles. The van der Waals surface area contributed by atoms with Crippen LogP contribution in [-0.2, 0) is 14.3 Å². The highest BCUT2D eigenvalue weighted by Crippen LogP contribution is 2.36. The van der Waals surface area contributed by atoms with E-state index >= 15 is 0 Å². The highest BCUT2D eigenvalue weighted by atomic mass is 16.5. The van der Waals surface area contributed by atoms with E-state index in [1.54, 1.807) is 0 Å². The molecule has 2 amide bonds. The molecule has 0 bridgehead atoms. The Morgan fingerprint density at radius 1 is 1.11 bits per heavy atom. The van der Waals surface area contributed by atoms with Crippen LogP contribution in [0.3, 0.4) is 0 Å². The Hall–Kier alpha value is -3.14. The number of azide groups is 1. The molecule has 4 aliphatic rings. The lowest BCUT2D eigenvalue weighted by atomic mass is 9.80. The van der Waals surface area contributed by atoms with Crippen LogP contribution in [0.5, 0.6) is 0 Å². The molecular weight excluding hydrogens is 462 g/mol. The Morgan fingerprint density at radius 2 is 1.81 bits per heavy atom. The number of rotatable bonds is 5. The number of hydrogen-bond donors (Lipinski definition) is 1. The second kappa shape index (κ2) is 10.1. The number of benzene rings is 1. The molecule has 5 rings (SSSR count). The molecule has 3 heterocycles. The van der Waals surface area contributed by atoms with E-state index in [0.717, 1.165) is 51.1 Å². The van der Waals surface area contributed by atoms with Crippen LogP contribution in [0.25, 0.3) is 10.4 Å². The summed E-state index contributed by atoms with van der Waals surface area (Å²) in [5.74, 6) is -0.776. The second-order valence-electron chi connectivity index (χ2n) is 10.4. The van der Waals surface area contributed by atoms with Crippen molar-refractivity contribution in [3.8, 4) is 0 Å². The summed E-state index contributed by atoms with van der Waals surface area (Å²) >= 11 is 0. The first-order chi connectivity index (χ1) is 17.4. The van der Waals surface area contributed by atoms with Crippen molar-refractivity contribution in [3.63, 3.8) is 0 Å². The van der Waals surface area contributed by atoms with E-state index in [9.17, 15) is 14.4 Å². The molecule has 1 aliphatic carbocycles. The minimum absolute atomic E-state index is 0.102. The van der Waals surface area contributed by atoms with Crippen molar-refractivity contribution in [1.82, 2.24) is 15.1 Å². The summed E-state index contributed by atoms with van der Waals surface area (Å²) in [7, 11) is 2.11. The van der Waals surface area contributed by atoms with Gasteiger partial charge >= 0.3 is 0 Å². The maximum Gasteiger partial charge on any atom is 0.252 e. The van der Waals surface area contributed by atoms with Crippen molar-refractivity contribution in [3.05, 3.63) is 40.3 Å². The van der Waals surface area contributed by atoms with Crippen LogP contribution < -0.4 is 10.2 Å². The number of nitrogens with one attached hydrogen (secondary N) is 1. The lowest BCUT2D eigenvalue weighted by molar-refractivity contribution is -0.143. The van der Waals surface area contributed by atoms with Crippen LogP contribution in [0, 0.1) is 0 Å². The number of piperazine rings is 1. The predicted molar refractivity (Wildman–Crippen MR) is 133 cm³/mol. The molecule has 192 valence electrons. The smallest absolute Gasteiger partial charge is 0.252 e. The molecule has 3 saturated heterocycles. The van der Waals surface area contributed by atoms with Crippen LogP contribution in [0.2, 0.25) is 0 Å². The third-order valence-corrected chi connectivity index (χ3v) is 8.09. The van der Waals surface area contributed by atoms with Gasteiger partial charge in [0.1, 0.15) is 18.2 Å². The van der Waals surface area contributed by atoms with E-state index in [-0.39, 0.29) is 30.7 Å². The van der Waals surface area contributed by atoms with Gasteiger partial charge in [-0.05, 0) is 49.7 Å². The monoisotopic (exact) mass is 495 g/mol. The Balaban J connectivity index is 1.34. The molecule has 1 saturated carbocycles. The summed E-state index contributed by atoms with van der Waals surface area (Å²) in [6.45, 7) is 3.89. The Kier molecular flexibility index (Phi) is 6.87. The first-order valence-electron chi connectivity index (χ1n) is 12.8. The van der Waals surface area contributed by atoms with Gasteiger partial charge in [0.05, 0.1) is 12.1 Å². The third-order valence-electron chi connectivity index (χ3n) is 8.09. The van der Waals surface area contributed by atoms with Gasteiger partial charge in [0, 0.05) is 48.9 Å². The predicted octanol–water partition coefficient (Wildman–Crippen LogP) is 1.73.